The normalized spacial score (nSPS) is 26.7. The lowest BCUT2D eigenvalue weighted by molar-refractivity contribution is -0.148. The van der Waals surface area contributed by atoms with E-state index in [1.807, 2.05) is 0 Å². The molecule has 0 saturated heterocycles. The first-order valence-electron chi connectivity index (χ1n) is 5.02. The van der Waals surface area contributed by atoms with Crippen LogP contribution in [0, 0.1) is 0 Å². The van der Waals surface area contributed by atoms with Gasteiger partial charge in [-0.1, -0.05) is 0 Å². The van der Waals surface area contributed by atoms with Gasteiger partial charge in [-0.25, -0.2) is 0 Å². The summed E-state index contributed by atoms with van der Waals surface area (Å²) >= 11 is 0. The first kappa shape index (κ1) is 11.0. The van der Waals surface area contributed by atoms with Crippen LogP contribution in [-0.4, -0.2) is 24.0 Å². The van der Waals surface area contributed by atoms with E-state index in [4.69, 9.17) is 4.74 Å². The largest absolute Gasteiger partial charge is 0.462 e. The summed E-state index contributed by atoms with van der Waals surface area (Å²) < 4.78 is 5.11. The van der Waals surface area contributed by atoms with Crippen LogP contribution in [0.4, 0.5) is 0 Å². The topological polar surface area (TPSA) is 55.4 Å². The minimum Gasteiger partial charge on any atom is -0.462 e. The molecule has 14 heavy (non-hydrogen) atoms. The molecule has 0 radical (unpaired) electrons. The van der Waals surface area contributed by atoms with E-state index in [2.05, 4.69) is 5.32 Å². The van der Waals surface area contributed by atoms with Gasteiger partial charge < -0.3 is 10.1 Å². The van der Waals surface area contributed by atoms with Crippen LogP contribution in [0.1, 0.15) is 39.5 Å². The van der Waals surface area contributed by atoms with Gasteiger partial charge >= 0.3 is 5.97 Å². The lowest BCUT2D eigenvalue weighted by Gasteiger charge is -2.28. The van der Waals surface area contributed by atoms with Crippen LogP contribution in [0.5, 0.6) is 0 Å². The number of ether oxygens (including phenoxy) is 1. The summed E-state index contributed by atoms with van der Waals surface area (Å²) in [6, 6.07) is 0.172. The van der Waals surface area contributed by atoms with E-state index in [1.54, 1.807) is 0 Å². The quantitative estimate of drug-likeness (QED) is 0.675. The number of hydrogen-bond donors (Lipinski definition) is 1. The highest BCUT2D eigenvalue weighted by atomic mass is 16.5. The molecule has 0 aromatic carbocycles. The number of carbonyl (C=O) groups excluding carboxylic acids is 2. The molecule has 80 valence electrons. The molecule has 1 aliphatic rings. The van der Waals surface area contributed by atoms with Crippen molar-refractivity contribution in [3.8, 4) is 0 Å². The number of rotatable bonds is 2. The van der Waals surface area contributed by atoms with Crippen molar-refractivity contribution in [1.82, 2.24) is 5.32 Å². The van der Waals surface area contributed by atoms with E-state index in [9.17, 15) is 9.59 Å². The SMILES string of the molecule is CC(=O)N[C@@H]1CCC[C@H](OC(C)=O)C1. The predicted octanol–water partition coefficient (Wildman–Crippen LogP) is 0.997. The maximum Gasteiger partial charge on any atom is 0.302 e. The molecule has 4 heteroatoms. The highest BCUT2D eigenvalue weighted by molar-refractivity contribution is 5.73. The third-order valence-electron chi connectivity index (χ3n) is 2.37. The highest BCUT2D eigenvalue weighted by Crippen LogP contribution is 2.21. The maximum absolute atomic E-state index is 10.8. The van der Waals surface area contributed by atoms with Crippen molar-refractivity contribution in [2.75, 3.05) is 0 Å². The molecule has 1 N–H and O–H groups in total. The Morgan fingerprint density at radius 1 is 1.29 bits per heavy atom. The fourth-order valence-corrected chi connectivity index (χ4v) is 1.91. The maximum atomic E-state index is 10.8. The summed E-state index contributed by atoms with van der Waals surface area (Å²) in [6.07, 6.45) is 3.63. The van der Waals surface area contributed by atoms with Crippen LogP contribution < -0.4 is 5.32 Å². The average Bonchev–Trinajstić information content (AvgIpc) is 2.01. The Bertz CT molecular complexity index is 205. The molecule has 0 heterocycles. The van der Waals surface area contributed by atoms with Crippen LogP contribution in [-0.2, 0) is 14.3 Å². The molecule has 0 spiro atoms. The standard InChI is InChI=1S/C10H17NO3/c1-7(12)11-9-4-3-5-10(6-9)14-8(2)13/h9-10H,3-6H2,1-2H3,(H,11,12)/t9-,10+/m1/s1. The molecule has 1 amide bonds. The summed E-state index contributed by atoms with van der Waals surface area (Å²) in [7, 11) is 0. The van der Waals surface area contributed by atoms with Gasteiger partial charge in [0.15, 0.2) is 0 Å². The molecule has 2 atom stereocenters. The molecule has 1 aliphatic carbocycles. The summed E-state index contributed by atoms with van der Waals surface area (Å²) in [5.41, 5.74) is 0. The van der Waals surface area contributed by atoms with E-state index in [0.717, 1.165) is 25.7 Å². The summed E-state index contributed by atoms with van der Waals surface area (Å²) in [5.74, 6) is -0.253. The van der Waals surface area contributed by atoms with Crippen molar-refractivity contribution in [2.24, 2.45) is 0 Å². The number of hydrogen-bond acceptors (Lipinski definition) is 3. The molecule has 4 nitrogen and oxygen atoms in total. The highest BCUT2D eigenvalue weighted by Gasteiger charge is 2.24. The van der Waals surface area contributed by atoms with Gasteiger partial charge in [0.2, 0.25) is 5.91 Å². The van der Waals surface area contributed by atoms with Crippen LogP contribution >= 0.6 is 0 Å². The minimum absolute atomic E-state index is 0.0153. The zero-order valence-electron chi connectivity index (χ0n) is 8.71. The monoisotopic (exact) mass is 199 g/mol. The fraction of sp³-hybridized carbons (Fsp3) is 0.800. The van der Waals surface area contributed by atoms with E-state index >= 15 is 0 Å². The molecule has 1 fully saturated rings. The van der Waals surface area contributed by atoms with E-state index in [-0.39, 0.29) is 24.0 Å². The van der Waals surface area contributed by atoms with E-state index in [0.29, 0.717) is 0 Å². The molecule has 1 rings (SSSR count). The molecule has 0 aromatic rings. The predicted molar refractivity (Wildman–Crippen MR) is 51.6 cm³/mol. The first-order chi connectivity index (χ1) is 6.58. The molecule has 1 saturated carbocycles. The average molecular weight is 199 g/mol. The molecular weight excluding hydrogens is 182 g/mol. The van der Waals surface area contributed by atoms with Crippen molar-refractivity contribution in [1.29, 1.82) is 0 Å². The van der Waals surface area contributed by atoms with E-state index in [1.165, 1.54) is 13.8 Å². The van der Waals surface area contributed by atoms with E-state index < -0.39 is 0 Å². The number of carbonyl (C=O) groups is 2. The van der Waals surface area contributed by atoms with Crippen molar-refractivity contribution in [3.63, 3.8) is 0 Å². The third kappa shape index (κ3) is 3.77. The van der Waals surface area contributed by atoms with Crippen molar-refractivity contribution in [3.05, 3.63) is 0 Å². The number of amides is 1. The van der Waals surface area contributed by atoms with Crippen LogP contribution in [0.15, 0.2) is 0 Å². The summed E-state index contributed by atoms with van der Waals surface area (Å²) in [4.78, 5) is 21.6. The Labute approximate surface area is 84.0 Å². The minimum atomic E-state index is -0.238. The zero-order chi connectivity index (χ0) is 10.6. The molecule has 0 aliphatic heterocycles. The Balaban J connectivity index is 2.35. The Hall–Kier alpha value is -1.06. The van der Waals surface area contributed by atoms with Gasteiger partial charge in [-0.3, -0.25) is 9.59 Å². The van der Waals surface area contributed by atoms with Gasteiger partial charge in [0.05, 0.1) is 0 Å². The van der Waals surface area contributed by atoms with Crippen LogP contribution in [0.25, 0.3) is 0 Å². The van der Waals surface area contributed by atoms with Gasteiger partial charge in [-0.2, -0.15) is 0 Å². The lowest BCUT2D eigenvalue weighted by Crippen LogP contribution is -2.39. The van der Waals surface area contributed by atoms with Crippen LogP contribution in [0.2, 0.25) is 0 Å². The lowest BCUT2D eigenvalue weighted by atomic mass is 9.93. The zero-order valence-corrected chi connectivity index (χ0v) is 8.71. The molecule has 0 aromatic heterocycles. The van der Waals surface area contributed by atoms with Gasteiger partial charge in [0, 0.05) is 26.3 Å². The fourth-order valence-electron chi connectivity index (χ4n) is 1.91. The van der Waals surface area contributed by atoms with Gasteiger partial charge in [0.25, 0.3) is 0 Å². The Morgan fingerprint density at radius 3 is 2.57 bits per heavy atom. The number of nitrogens with one attached hydrogen (secondary N) is 1. The van der Waals surface area contributed by atoms with Crippen molar-refractivity contribution >= 4 is 11.9 Å². The Kier molecular flexibility index (Phi) is 3.92. The smallest absolute Gasteiger partial charge is 0.302 e. The second kappa shape index (κ2) is 4.98. The second-order valence-corrected chi connectivity index (χ2v) is 3.80. The molecule has 0 unspecified atom stereocenters. The van der Waals surface area contributed by atoms with Crippen molar-refractivity contribution in [2.45, 2.75) is 51.7 Å². The second-order valence-electron chi connectivity index (χ2n) is 3.80. The van der Waals surface area contributed by atoms with Gasteiger partial charge in [-0.05, 0) is 19.3 Å². The first-order valence-corrected chi connectivity index (χ1v) is 5.02. The van der Waals surface area contributed by atoms with Crippen molar-refractivity contribution < 1.29 is 14.3 Å². The summed E-state index contributed by atoms with van der Waals surface area (Å²) in [6.45, 7) is 2.93. The molecular formula is C10H17NO3. The van der Waals surface area contributed by atoms with Crippen LogP contribution in [0.3, 0.4) is 0 Å². The third-order valence-corrected chi connectivity index (χ3v) is 2.37. The van der Waals surface area contributed by atoms with Gasteiger partial charge in [-0.15, -0.1) is 0 Å². The molecule has 0 bridgehead atoms. The van der Waals surface area contributed by atoms with Gasteiger partial charge in [0.1, 0.15) is 6.10 Å². The Morgan fingerprint density at radius 2 is 2.00 bits per heavy atom. The number of esters is 1. The summed E-state index contributed by atoms with van der Waals surface area (Å²) in [5, 5.41) is 2.85.